The summed E-state index contributed by atoms with van der Waals surface area (Å²) in [7, 11) is 0. The van der Waals surface area contributed by atoms with Crippen molar-refractivity contribution in [1.82, 2.24) is 5.32 Å². The van der Waals surface area contributed by atoms with Crippen molar-refractivity contribution in [3.8, 4) is 0 Å². The van der Waals surface area contributed by atoms with Crippen molar-refractivity contribution in [2.45, 2.75) is 6.92 Å². The van der Waals surface area contributed by atoms with E-state index in [1.807, 2.05) is 6.07 Å². The van der Waals surface area contributed by atoms with Crippen LogP contribution in [0.5, 0.6) is 0 Å². The van der Waals surface area contributed by atoms with E-state index in [1.54, 1.807) is 31.2 Å². The minimum atomic E-state index is -0.704. The van der Waals surface area contributed by atoms with Crippen molar-refractivity contribution in [3.05, 3.63) is 30.3 Å². The highest BCUT2D eigenvalue weighted by Crippen LogP contribution is 2.12. The number of nitrogens with one attached hydrogen (secondary N) is 1. The summed E-state index contributed by atoms with van der Waals surface area (Å²) >= 11 is 0. The number of hydrogen-bond donors (Lipinski definition) is 2. The third kappa shape index (κ3) is 3.57. The molecule has 17 heavy (non-hydrogen) atoms. The van der Waals surface area contributed by atoms with Crippen LogP contribution >= 0.6 is 0 Å². The van der Waals surface area contributed by atoms with Gasteiger partial charge in [0.05, 0.1) is 6.61 Å². The molecule has 0 aliphatic rings. The highest BCUT2D eigenvalue weighted by atomic mass is 16.3. The highest BCUT2D eigenvalue weighted by molar-refractivity contribution is 6.40. The molecule has 0 bridgehead atoms. The summed E-state index contributed by atoms with van der Waals surface area (Å²) in [5.74, 6) is -1.32. The Labute approximate surface area is 100 Å². The molecule has 5 heteroatoms. The lowest BCUT2D eigenvalue weighted by Crippen LogP contribution is -2.43. The first-order chi connectivity index (χ1) is 8.20. The number of benzene rings is 1. The summed E-state index contributed by atoms with van der Waals surface area (Å²) in [6.45, 7) is 2.10. The number of para-hydroxylation sites is 1. The molecule has 2 amide bonds. The van der Waals surface area contributed by atoms with E-state index in [4.69, 9.17) is 5.11 Å². The number of carbonyl (C=O) groups excluding carboxylic acids is 2. The Hall–Kier alpha value is -1.88. The SMILES string of the molecule is CCN(C(=O)C(=O)NCCO)c1ccccc1. The van der Waals surface area contributed by atoms with Crippen LogP contribution in [0.1, 0.15) is 6.92 Å². The largest absolute Gasteiger partial charge is 0.395 e. The predicted molar refractivity (Wildman–Crippen MR) is 64.6 cm³/mol. The molecule has 0 aromatic heterocycles. The minimum absolute atomic E-state index is 0.0803. The Balaban J connectivity index is 2.74. The van der Waals surface area contributed by atoms with Gasteiger partial charge in [-0.3, -0.25) is 9.59 Å². The zero-order chi connectivity index (χ0) is 12.7. The molecule has 0 aliphatic carbocycles. The normalized spacial score (nSPS) is 9.76. The van der Waals surface area contributed by atoms with E-state index in [9.17, 15) is 9.59 Å². The topological polar surface area (TPSA) is 69.6 Å². The van der Waals surface area contributed by atoms with Gasteiger partial charge in [0.1, 0.15) is 0 Å². The van der Waals surface area contributed by atoms with Crippen molar-refractivity contribution in [1.29, 1.82) is 0 Å². The Bertz CT molecular complexity index is 379. The van der Waals surface area contributed by atoms with Gasteiger partial charge < -0.3 is 15.3 Å². The fraction of sp³-hybridized carbons (Fsp3) is 0.333. The van der Waals surface area contributed by atoms with Crippen molar-refractivity contribution in [3.63, 3.8) is 0 Å². The standard InChI is InChI=1S/C12H16N2O3/c1-2-14(10-6-4-3-5-7-10)12(17)11(16)13-8-9-15/h3-7,15H,2,8-9H2,1H3,(H,13,16). The lowest BCUT2D eigenvalue weighted by molar-refractivity contribution is -0.137. The molecular formula is C12H16N2O3. The second-order valence-corrected chi connectivity index (χ2v) is 3.36. The first kappa shape index (κ1) is 13.2. The number of carbonyl (C=O) groups is 2. The second kappa shape index (κ2) is 6.65. The number of hydrogen-bond acceptors (Lipinski definition) is 3. The Morgan fingerprint density at radius 3 is 2.47 bits per heavy atom. The maximum atomic E-state index is 11.8. The van der Waals surface area contributed by atoms with Crippen molar-refractivity contribution in [2.75, 3.05) is 24.6 Å². The fourth-order valence-corrected chi connectivity index (χ4v) is 1.42. The van der Waals surface area contributed by atoms with Crippen LogP contribution in [0.3, 0.4) is 0 Å². The van der Waals surface area contributed by atoms with Gasteiger partial charge in [-0.2, -0.15) is 0 Å². The van der Waals surface area contributed by atoms with Crippen LogP contribution in [0.4, 0.5) is 5.69 Å². The smallest absolute Gasteiger partial charge is 0.316 e. The van der Waals surface area contributed by atoms with Crippen LogP contribution in [-0.4, -0.2) is 36.6 Å². The van der Waals surface area contributed by atoms with Gasteiger partial charge in [-0.15, -0.1) is 0 Å². The average Bonchev–Trinajstić information content (AvgIpc) is 2.38. The molecule has 0 unspecified atom stereocenters. The monoisotopic (exact) mass is 236 g/mol. The van der Waals surface area contributed by atoms with E-state index < -0.39 is 11.8 Å². The summed E-state index contributed by atoms with van der Waals surface area (Å²) in [5.41, 5.74) is 0.680. The Morgan fingerprint density at radius 2 is 1.94 bits per heavy atom. The Kier molecular flexibility index (Phi) is 5.16. The van der Waals surface area contributed by atoms with Gasteiger partial charge in [0.15, 0.2) is 0 Å². The van der Waals surface area contributed by atoms with Crippen LogP contribution < -0.4 is 10.2 Å². The molecule has 0 heterocycles. The number of anilines is 1. The molecule has 0 radical (unpaired) electrons. The van der Waals surface area contributed by atoms with Gasteiger partial charge >= 0.3 is 11.8 Å². The molecule has 1 aromatic carbocycles. The molecule has 0 saturated carbocycles. The van der Waals surface area contributed by atoms with Gasteiger partial charge in [0.25, 0.3) is 0 Å². The summed E-state index contributed by atoms with van der Waals surface area (Å²) in [6.07, 6.45) is 0. The van der Waals surface area contributed by atoms with Crippen LogP contribution in [0.2, 0.25) is 0 Å². The molecule has 5 nitrogen and oxygen atoms in total. The average molecular weight is 236 g/mol. The van der Waals surface area contributed by atoms with Crippen molar-refractivity contribution >= 4 is 17.5 Å². The van der Waals surface area contributed by atoms with Gasteiger partial charge in [-0.05, 0) is 19.1 Å². The molecular weight excluding hydrogens is 220 g/mol. The van der Waals surface area contributed by atoms with Gasteiger partial charge in [0.2, 0.25) is 0 Å². The number of aliphatic hydroxyl groups is 1. The van der Waals surface area contributed by atoms with Gasteiger partial charge in [-0.25, -0.2) is 0 Å². The maximum absolute atomic E-state index is 11.8. The number of likely N-dealkylation sites (N-methyl/N-ethyl adjacent to an activating group) is 1. The van der Waals surface area contributed by atoms with E-state index in [1.165, 1.54) is 4.90 Å². The zero-order valence-electron chi connectivity index (χ0n) is 9.72. The quantitative estimate of drug-likeness (QED) is 0.731. The molecule has 0 spiro atoms. The van der Waals surface area contributed by atoms with Crippen molar-refractivity contribution in [2.24, 2.45) is 0 Å². The predicted octanol–water partition coefficient (Wildman–Crippen LogP) is 0.148. The van der Waals surface area contributed by atoms with E-state index in [0.29, 0.717) is 12.2 Å². The van der Waals surface area contributed by atoms with E-state index in [2.05, 4.69) is 5.32 Å². The summed E-state index contributed by atoms with van der Waals surface area (Å²) in [4.78, 5) is 24.7. The summed E-state index contributed by atoms with van der Waals surface area (Å²) in [6, 6.07) is 8.98. The summed E-state index contributed by atoms with van der Waals surface area (Å²) < 4.78 is 0. The number of amides is 2. The first-order valence-corrected chi connectivity index (χ1v) is 5.46. The third-order valence-electron chi connectivity index (χ3n) is 2.22. The number of aliphatic hydroxyl groups excluding tert-OH is 1. The van der Waals surface area contributed by atoms with Crippen LogP contribution in [0, 0.1) is 0 Å². The fourth-order valence-electron chi connectivity index (χ4n) is 1.42. The van der Waals surface area contributed by atoms with E-state index in [-0.39, 0.29) is 13.2 Å². The van der Waals surface area contributed by atoms with Crippen LogP contribution in [-0.2, 0) is 9.59 Å². The molecule has 1 aromatic rings. The van der Waals surface area contributed by atoms with Crippen molar-refractivity contribution < 1.29 is 14.7 Å². The van der Waals surface area contributed by atoms with E-state index in [0.717, 1.165) is 0 Å². The number of nitrogens with zero attached hydrogens (tertiary/aromatic N) is 1. The second-order valence-electron chi connectivity index (χ2n) is 3.36. The lowest BCUT2D eigenvalue weighted by atomic mass is 10.3. The molecule has 0 aliphatic heterocycles. The molecule has 92 valence electrons. The van der Waals surface area contributed by atoms with Gasteiger partial charge in [0, 0.05) is 18.8 Å². The number of rotatable bonds is 4. The first-order valence-electron chi connectivity index (χ1n) is 5.46. The van der Waals surface area contributed by atoms with Gasteiger partial charge in [-0.1, -0.05) is 18.2 Å². The molecule has 2 N–H and O–H groups in total. The van der Waals surface area contributed by atoms with Crippen LogP contribution in [0.15, 0.2) is 30.3 Å². The molecule has 0 atom stereocenters. The maximum Gasteiger partial charge on any atom is 0.316 e. The molecule has 0 saturated heterocycles. The summed E-state index contributed by atoms with van der Waals surface area (Å²) in [5, 5.41) is 10.9. The highest BCUT2D eigenvalue weighted by Gasteiger charge is 2.21. The lowest BCUT2D eigenvalue weighted by Gasteiger charge is -2.20. The van der Waals surface area contributed by atoms with E-state index >= 15 is 0 Å². The zero-order valence-corrected chi connectivity index (χ0v) is 9.72. The Morgan fingerprint density at radius 1 is 1.29 bits per heavy atom. The molecule has 1 rings (SSSR count). The third-order valence-corrected chi connectivity index (χ3v) is 2.22. The molecule has 0 fully saturated rings. The van der Waals surface area contributed by atoms with Crippen LogP contribution in [0.25, 0.3) is 0 Å². The minimum Gasteiger partial charge on any atom is -0.395 e.